The van der Waals surface area contributed by atoms with E-state index in [-0.39, 0.29) is 18.6 Å². The van der Waals surface area contributed by atoms with Gasteiger partial charge in [-0.15, -0.1) is 0 Å². The molecule has 4 nitrogen and oxygen atoms in total. The Labute approximate surface area is 112 Å². The molecule has 0 heterocycles. The third-order valence-corrected chi connectivity index (χ3v) is 2.43. The number of rotatable bonds is 4. The molecule has 0 rings (SSSR count). The Morgan fingerprint density at radius 3 is 2.35 bits per heavy atom. The lowest BCUT2D eigenvalue weighted by Crippen LogP contribution is -2.40. The molecule has 0 aliphatic rings. The molecule has 5 heteroatoms. The van der Waals surface area contributed by atoms with Crippen LogP contribution in [0.5, 0.6) is 0 Å². The Morgan fingerprint density at radius 2 is 2.00 bits per heavy atom. The Balaban J connectivity index is 4.52. The second kappa shape index (κ2) is 7.01. The quantitative estimate of drug-likeness (QED) is 0.839. The van der Waals surface area contributed by atoms with E-state index in [0.29, 0.717) is 4.48 Å². The fraction of sp³-hybridized carbons (Fsp3) is 0.750. The number of hydrogen-bond donors (Lipinski definition) is 2. The Kier molecular flexibility index (Phi) is 6.78. The summed E-state index contributed by atoms with van der Waals surface area (Å²) in [7, 11) is 0. The minimum absolute atomic E-state index is 0.0841. The van der Waals surface area contributed by atoms with Crippen LogP contribution in [0.15, 0.2) is 10.6 Å². The average Bonchev–Trinajstić information content (AvgIpc) is 2.13. The molecule has 0 aromatic carbocycles. The number of carbonyl (C=O) groups excluding carboxylic acids is 1. The first-order valence-corrected chi connectivity index (χ1v) is 6.41. The molecule has 0 aliphatic carbocycles. The van der Waals surface area contributed by atoms with Gasteiger partial charge >= 0.3 is 6.09 Å². The minimum Gasteiger partial charge on any atom is -0.444 e. The molecule has 2 N–H and O–H groups in total. The van der Waals surface area contributed by atoms with Crippen LogP contribution in [0.2, 0.25) is 0 Å². The molecule has 0 saturated carbocycles. The van der Waals surface area contributed by atoms with Crippen molar-refractivity contribution in [1.29, 1.82) is 0 Å². The highest BCUT2D eigenvalue weighted by molar-refractivity contribution is 9.11. The van der Waals surface area contributed by atoms with Crippen molar-refractivity contribution < 1.29 is 14.6 Å². The van der Waals surface area contributed by atoms with Crippen molar-refractivity contribution in [2.24, 2.45) is 5.92 Å². The van der Waals surface area contributed by atoms with E-state index < -0.39 is 11.7 Å². The summed E-state index contributed by atoms with van der Waals surface area (Å²) in [5, 5.41) is 11.7. The number of hydrogen-bond acceptors (Lipinski definition) is 3. The second-order valence-electron chi connectivity index (χ2n) is 5.19. The molecule has 0 saturated heterocycles. The van der Waals surface area contributed by atoms with Gasteiger partial charge in [0, 0.05) is 4.48 Å². The van der Waals surface area contributed by atoms with Gasteiger partial charge in [0.2, 0.25) is 0 Å². The van der Waals surface area contributed by atoms with Gasteiger partial charge in [0.25, 0.3) is 0 Å². The number of halogens is 1. The molecular weight excluding hydrogens is 286 g/mol. The molecule has 1 amide bonds. The Hall–Kier alpha value is -0.550. The smallest absolute Gasteiger partial charge is 0.408 e. The van der Waals surface area contributed by atoms with Gasteiger partial charge in [0.05, 0.1) is 12.6 Å². The van der Waals surface area contributed by atoms with Crippen LogP contribution >= 0.6 is 15.9 Å². The zero-order chi connectivity index (χ0) is 13.6. The topological polar surface area (TPSA) is 58.6 Å². The predicted molar refractivity (Wildman–Crippen MR) is 72.1 cm³/mol. The van der Waals surface area contributed by atoms with Crippen molar-refractivity contribution >= 4 is 22.0 Å². The Morgan fingerprint density at radius 1 is 1.47 bits per heavy atom. The van der Waals surface area contributed by atoms with Gasteiger partial charge in [-0.2, -0.15) is 0 Å². The van der Waals surface area contributed by atoms with Gasteiger partial charge in [-0.3, -0.25) is 0 Å². The molecule has 0 unspecified atom stereocenters. The van der Waals surface area contributed by atoms with Crippen molar-refractivity contribution in [3.05, 3.63) is 10.6 Å². The largest absolute Gasteiger partial charge is 0.444 e. The summed E-state index contributed by atoms with van der Waals surface area (Å²) in [6, 6.07) is -0.175. The number of aliphatic hydroxyl groups is 1. The van der Waals surface area contributed by atoms with E-state index in [2.05, 4.69) is 21.2 Å². The lowest BCUT2D eigenvalue weighted by molar-refractivity contribution is 0.0503. The van der Waals surface area contributed by atoms with Crippen molar-refractivity contribution in [3.8, 4) is 0 Å². The lowest BCUT2D eigenvalue weighted by Gasteiger charge is -2.24. The number of ether oxygens (including phenoxy) is 1. The first kappa shape index (κ1) is 16.4. The standard InChI is InChI=1S/C12H22BrNO3/c1-8(2)10(6-9(13)7-15)14-11(16)17-12(3,4)5/h6,8,10,15H,7H2,1-5H3,(H,14,16)/b9-6+/t10-/m1/s1. The molecular formula is C12H22BrNO3. The number of nitrogens with one attached hydrogen (secondary N) is 1. The van der Waals surface area contributed by atoms with Crippen LogP contribution in [0.25, 0.3) is 0 Å². The lowest BCUT2D eigenvalue weighted by atomic mass is 10.0. The predicted octanol–water partition coefficient (Wildman–Crippen LogP) is 2.81. The molecule has 100 valence electrons. The van der Waals surface area contributed by atoms with Crippen molar-refractivity contribution in [2.75, 3.05) is 6.61 Å². The fourth-order valence-electron chi connectivity index (χ4n) is 1.09. The van der Waals surface area contributed by atoms with Gasteiger partial charge in [-0.05, 0) is 32.8 Å². The highest BCUT2D eigenvalue weighted by atomic mass is 79.9. The number of amides is 1. The highest BCUT2D eigenvalue weighted by Crippen LogP contribution is 2.12. The zero-order valence-corrected chi connectivity index (χ0v) is 12.7. The van der Waals surface area contributed by atoms with Crippen molar-refractivity contribution in [1.82, 2.24) is 5.32 Å². The van der Waals surface area contributed by atoms with Gasteiger partial charge in [-0.25, -0.2) is 4.79 Å². The summed E-state index contributed by atoms with van der Waals surface area (Å²) in [5.74, 6) is 0.210. The summed E-state index contributed by atoms with van der Waals surface area (Å²) in [5.41, 5.74) is -0.510. The maximum absolute atomic E-state index is 11.6. The molecule has 0 fully saturated rings. The van der Waals surface area contributed by atoms with Crippen LogP contribution < -0.4 is 5.32 Å². The molecule has 0 bridgehead atoms. The Bertz CT molecular complexity index is 282. The highest BCUT2D eigenvalue weighted by Gasteiger charge is 2.20. The summed E-state index contributed by atoms with van der Waals surface area (Å²) >= 11 is 3.22. The number of carbonyl (C=O) groups is 1. The van der Waals surface area contributed by atoms with Crippen LogP contribution in [0.1, 0.15) is 34.6 Å². The first-order valence-electron chi connectivity index (χ1n) is 5.62. The van der Waals surface area contributed by atoms with Crippen LogP contribution in [-0.4, -0.2) is 29.4 Å². The van der Waals surface area contributed by atoms with E-state index in [1.807, 2.05) is 34.6 Å². The number of aliphatic hydroxyl groups excluding tert-OH is 1. The molecule has 0 radical (unpaired) electrons. The van der Waals surface area contributed by atoms with Gasteiger partial charge in [0.1, 0.15) is 5.60 Å². The van der Waals surface area contributed by atoms with Gasteiger partial charge in [-0.1, -0.05) is 29.8 Å². The molecule has 17 heavy (non-hydrogen) atoms. The van der Waals surface area contributed by atoms with Crippen molar-refractivity contribution in [2.45, 2.75) is 46.3 Å². The first-order chi connectivity index (χ1) is 7.65. The average molecular weight is 308 g/mol. The van der Waals surface area contributed by atoms with Crippen LogP contribution in [0.3, 0.4) is 0 Å². The summed E-state index contributed by atoms with van der Waals surface area (Å²) in [6.07, 6.45) is 1.32. The molecule has 1 atom stereocenters. The van der Waals surface area contributed by atoms with E-state index in [1.165, 1.54) is 0 Å². The third-order valence-electron chi connectivity index (χ3n) is 1.91. The summed E-state index contributed by atoms with van der Waals surface area (Å²) in [6.45, 7) is 9.33. The van der Waals surface area contributed by atoms with E-state index in [1.54, 1.807) is 6.08 Å². The van der Waals surface area contributed by atoms with Crippen LogP contribution in [0, 0.1) is 5.92 Å². The van der Waals surface area contributed by atoms with E-state index in [4.69, 9.17) is 9.84 Å². The van der Waals surface area contributed by atoms with Gasteiger partial charge in [0.15, 0.2) is 0 Å². The zero-order valence-electron chi connectivity index (χ0n) is 11.1. The van der Waals surface area contributed by atoms with E-state index in [9.17, 15) is 4.79 Å². The molecule has 0 aromatic rings. The second-order valence-corrected chi connectivity index (χ2v) is 6.21. The third kappa shape index (κ3) is 8.21. The maximum Gasteiger partial charge on any atom is 0.408 e. The monoisotopic (exact) mass is 307 g/mol. The SMILES string of the molecule is CC(C)[C@@H](/C=C(/Br)CO)NC(=O)OC(C)(C)C. The minimum atomic E-state index is -0.510. The normalized spacial score (nSPS) is 14.7. The molecule has 0 aromatic heterocycles. The van der Waals surface area contributed by atoms with Crippen molar-refractivity contribution in [3.63, 3.8) is 0 Å². The van der Waals surface area contributed by atoms with E-state index >= 15 is 0 Å². The fourth-order valence-corrected chi connectivity index (χ4v) is 1.38. The molecule has 0 spiro atoms. The summed E-state index contributed by atoms with van der Waals surface area (Å²) in [4.78, 5) is 11.6. The summed E-state index contributed by atoms with van der Waals surface area (Å²) < 4.78 is 5.82. The maximum atomic E-state index is 11.6. The van der Waals surface area contributed by atoms with E-state index in [0.717, 1.165) is 0 Å². The molecule has 0 aliphatic heterocycles. The van der Waals surface area contributed by atoms with Crippen LogP contribution in [-0.2, 0) is 4.74 Å². The van der Waals surface area contributed by atoms with Gasteiger partial charge < -0.3 is 15.2 Å². The number of alkyl carbamates (subject to hydrolysis) is 1. The van der Waals surface area contributed by atoms with Crippen LogP contribution in [0.4, 0.5) is 4.79 Å².